The molecule has 0 aromatic carbocycles. The molecule has 0 spiro atoms. The molecule has 0 fully saturated rings. The molecule has 6 nitrogen and oxygen atoms in total. The van der Waals surface area contributed by atoms with Gasteiger partial charge in [-0.2, -0.15) is 0 Å². The van der Waals surface area contributed by atoms with Crippen molar-refractivity contribution in [2.45, 2.75) is 264 Å². The van der Waals surface area contributed by atoms with Crippen molar-refractivity contribution in [2.24, 2.45) is 0 Å². The molecule has 82 heavy (non-hydrogen) atoms. The van der Waals surface area contributed by atoms with E-state index in [-0.39, 0.29) is 37.5 Å². The van der Waals surface area contributed by atoms with E-state index in [2.05, 4.69) is 203 Å². The van der Waals surface area contributed by atoms with Gasteiger partial charge in [0.25, 0.3) is 0 Å². The molecule has 0 aliphatic rings. The van der Waals surface area contributed by atoms with Gasteiger partial charge in [0.05, 0.1) is 0 Å². The highest BCUT2D eigenvalue weighted by atomic mass is 16.6. The van der Waals surface area contributed by atoms with Gasteiger partial charge in [-0.1, -0.05) is 267 Å². The lowest BCUT2D eigenvalue weighted by Crippen LogP contribution is -2.30. The number of unbranched alkanes of at least 4 members (excludes halogenated alkanes) is 16. The minimum Gasteiger partial charge on any atom is -0.462 e. The molecule has 0 aliphatic heterocycles. The molecule has 0 radical (unpaired) electrons. The van der Waals surface area contributed by atoms with Crippen molar-refractivity contribution < 1.29 is 28.6 Å². The number of hydrogen-bond acceptors (Lipinski definition) is 6. The van der Waals surface area contributed by atoms with E-state index in [0.29, 0.717) is 19.3 Å². The van der Waals surface area contributed by atoms with Crippen molar-refractivity contribution in [1.82, 2.24) is 0 Å². The summed E-state index contributed by atoms with van der Waals surface area (Å²) in [5, 5.41) is 0. The summed E-state index contributed by atoms with van der Waals surface area (Å²) in [6.07, 6.45) is 102. The van der Waals surface area contributed by atoms with E-state index in [1.54, 1.807) is 0 Å². The zero-order valence-corrected chi connectivity index (χ0v) is 52.4. The van der Waals surface area contributed by atoms with Crippen molar-refractivity contribution >= 4 is 17.9 Å². The largest absolute Gasteiger partial charge is 0.462 e. The normalized spacial score (nSPS) is 13.4. The lowest BCUT2D eigenvalue weighted by Gasteiger charge is -2.18. The van der Waals surface area contributed by atoms with Crippen LogP contribution in [0, 0.1) is 0 Å². The number of ether oxygens (including phenoxy) is 3. The van der Waals surface area contributed by atoms with Crippen LogP contribution in [-0.2, 0) is 28.6 Å². The van der Waals surface area contributed by atoms with Crippen molar-refractivity contribution in [3.05, 3.63) is 182 Å². The van der Waals surface area contributed by atoms with Crippen LogP contribution in [0.5, 0.6) is 0 Å². The first-order chi connectivity index (χ1) is 40.5. The molecule has 1 atom stereocenters. The highest BCUT2D eigenvalue weighted by Gasteiger charge is 2.19. The Morgan fingerprint density at radius 2 is 0.476 bits per heavy atom. The topological polar surface area (TPSA) is 78.9 Å². The Morgan fingerprint density at radius 3 is 0.756 bits per heavy atom. The third kappa shape index (κ3) is 65.3. The molecule has 0 heterocycles. The van der Waals surface area contributed by atoms with E-state index < -0.39 is 6.10 Å². The maximum Gasteiger partial charge on any atom is 0.306 e. The maximum absolute atomic E-state index is 12.9. The van der Waals surface area contributed by atoms with Gasteiger partial charge in [0.2, 0.25) is 0 Å². The van der Waals surface area contributed by atoms with Crippen LogP contribution >= 0.6 is 0 Å². The predicted octanol–water partition coefficient (Wildman–Crippen LogP) is 22.8. The van der Waals surface area contributed by atoms with Crippen molar-refractivity contribution in [3.63, 3.8) is 0 Å². The van der Waals surface area contributed by atoms with E-state index >= 15 is 0 Å². The first kappa shape index (κ1) is 76.5. The van der Waals surface area contributed by atoms with E-state index in [1.165, 1.54) is 32.1 Å². The second-order valence-corrected chi connectivity index (χ2v) is 20.9. The highest BCUT2D eigenvalue weighted by Crippen LogP contribution is 2.13. The van der Waals surface area contributed by atoms with Crippen LogP contribution in [-0.4, -0.2) is 37.2 Å². The zero-order chi connectivity index (χ0) is 59.2. The molecule has 0 aliphatic carbocycles. The number of carbonyl (C=O) groups excluding carboxylic acids is 3. The summed E-state index contributed by atoms with van der Waals surface area (Å²) in [4.78, 5) is 38.3. The van der Waals surface area contributed by atoms with Crippen LogP contribution in [0.15, 0.2) is 182 Å². The third-order valence-electron chi connectivity index (χ3n) is 13.1. The first-order valence-corrected chi connectivity index (χ1v) is 32.8. The fraction of sp³-hybridized carbons (Fsp3) is 0.566. The number of hydrogen-bond donors (Lipinski definition) is 0. The smallest absolute Gasteiger partial charge is 0.306 e. The summed E-state index contributed by atoms with van der Waals surface area (Å²) in [5.74, 6) is -0.979. The fourth-order valence-corrected chi connectivity index (χ4v) is 8.26. The van der Waals surface area contributed by atoms with Crippen LogP contribution < -0.4 is 0 Å². The van der Waals surface area contributed by atoms with Gasteiger partial charge in [-0.05, 0) is 154 Å². The Morgan fingerprint density at radius 1 is 0.256 bits per heavy atom. The van der Waals surface area contributed by atoms with Gasteiger partial charge in [0.1, 0.15) is 13.2 Å². The Labute approximate surface area is 504 Å². The maximum atomic E-state index is 12.9. The van der Waals surface area contributed by atoms with Gasteiger partial charge >= 0.3 is 17.9 Å². The van der Waals surface area contributed by atoms with Crippen molar-refractivity contribution in [2.75, 3.05) is 13.2 Å². The molecular weight excluding hydrogens is 1010 g/mol. The number of rotatable bonds is 57. The molecule has 458 valence electrons. The average molecular weight is 1130 g/mol. The second-order valence-electron chi connectivity index (χ2n) is 20.9. The molecule has 0 N–H and O–H groups in total. The quantitative estimate of drug-likeness (QED) is 0.0261. The summed E-state index contributed by atoms with van der Waals surface area (Å²) in [6.45, 7) is 6.31. The third-order valence-corrected chi connectivity index (χ3v) is 13.1. The van der Waals surface area contributed by atoms with Gasteiger partial charge in [0.15, 0.2) is 6.10 Å². The predicted molar refractivity (Wildman–Crippen MR) is 357 cm³/mol. The van der Waals surface area contributed by atoms with E-state index in [4.69, 9.17) is 14.2 Å². The lowest BCUT2D eigenvalue weighted by atomic mass is 10.1. The molecule has 0 saturated heterocycles. The molecule has 1 unspecified atom stereocenters. The Bertz CT molecular complexity index is 1920. The minimum absolute atomic E-state index is 0.112. The Balaban J connectivity index is 4.44. The molecule has 0 rings (SSSR count). The number of esters is 3. The van der Waals surface area contributed by atoms with Crippen LogP contribution in [0.2, 0.25) is 0 Å². The van der Waals surface area contributed by atoms with Gasteiger partial charge < -0.3 is 14.2 Å². The molecule has 0 aromatic heterocycles. The van der Waals surface area contributed by atoms with Crippen LogP contribution in [0.4, 0.5) is 0 Å². The summed E-state index contributed by atoms with van der Waals surface area (Å²) in [6, 6.07) is 0. The Hall–Kier alpha value is -5.49. The van der Waals surface area contributed by atoms with Gasteiger partial charge in [-0.25, -0.2) is 0 Å². The fourth-order valence-electron chi connectivity index (χ4n) is 8.26. The minimum atomic E-state index is -0.819. The average Bonchev–Trinajstić information content (AvgIpc) is 3.47. The Kier molecular flexibility index (Phi) is 63.5. The van der Waals surface area contributed by atoms with E-state index in [9.17, 15) is 14.4 Å². The summed E-state index contributed by atoms with van der Waals surface area (Å²) in [5.41, 5.74) is 0. The highest BCUT2D eigenvalue weighted by molar-refractivity contribution is 5.71. The molecule has 0 amide bonds. The molecule has 0 aromatic rings. The SMILES string of the molecule is CC/C=C\C/C=C\C/C=C\C/C=C\C/C=C\C/C=C\C/C=C\C/C=C\CCCCCCCCC(=O)OCC(COC(=O)CCCCCCC/C=C\C/C=C\CCCC)OC(=O)CCCCC/C=C\C/C=C\C/C=C\C/C=C\C/C=C\CC. The monoisotopic (exact) mass is 1130 g/mol. The summed E-state index contributed by atoms with van der Waals surface area (Å²) >= 11 is 0. The van der Waals surface area contributed by atoms with Crippen LogP contribution in [0.25, 0.3) is 0 Å². The van der Waals surface area contributed by atoms with E-state index in [1.807, 2.05) is 0 Å². The van der Waals surface area contributed by atoms with E-state index in [0.717, 1.165) is 180 Å². The van der Waals surface area contributed by atoms with Crippen LogP contribution in [0.1, 0.15) is 258 Å². The summed E-state index contributed by atoms with van der Waals surface area (Å²) < 4.78 is 16.9. The first-order valence-electron chi connectivity index (χ1n) is 32.8. The molecule has 6 heteroatoms. The van der Waals surface area contributed by atoms with Crippen molar-refractivity contribution in [3.8, 4) is 0 Å². The van der Waals surface area contributed by atoms with Gasteiger partial charge in [-0.3, -0.25) is 14.4 Å². The molecular formula is C76H118O6. The number of carbonyl (C=O) groups is 3. The summed E-state index contributed by atoms with van der Waals surface area (Å²) in [7, 11) is 0. The van der Waals surface area contributed by atoms with Gasteiger partial charge in [-0.15, -0.1) is 0 Å². The molecule has 0 saturated carbocycles. The zero-order valence-electron chi connectivity index (χ0n) is 52.4. The van der Waals surface area contributed by atoms with Crippen molar-refractivity contribution in [1.29, 1.82) is 0 Å². The molecule has 0 bridgehead atoms. The van der Waals surface area contributed by atoms with Gasteiger partial charge in [0, 0.05) is 19.3 Å². The number of allylic oxidation sites excluding steroid dienone is 30. The van der Waals surface area contributed by atoms with Crippen LogP contribution in [0.3, 0.4) is 0 Å². The standard InChI is InChI=1S/C76H118O6/c1-4-7-10-13-16-19-22-25-28-30-32-33-34-35-36-37-38-39-40-41-42-43-45-46-48-51-54-57-60-63-66-69-75(78)81-72-73(71-80-74(77)68-65-62-59-56-53-50-27-24-21-18-15-12-9-6-3)82-76(79)70-67-64-61-58-55-52-49-47-44-31-29-26-23-20-17-14-11-8-5-2/h7-8,10-11,15-20,24-29,32-33,35-36,38-39,41-42,44-47,52,55,73H,4-6,9,12-14,21-23,30-31,34,37,40,43,48-51,53-54,56-72H2,1-3H3/b10-7-,11-8-,18-15-,19-16-,20-17-,27-24-,28-25-,29-26-,33-32-,36-35-,39-38-,42-41-,46-45-,47-44-,55-52-. The second kappa shape index (κ2) is 68.0. The lowest BCUT2D eigenvalue weighted by molar-refractivity contribution is -0.167.